The van der Waals surface area contributed by atoms with Crippen LogP contribution in [0, 0.1) is 0 Å². The molecule has 18 heavy (non-hydrogen) atoms. The number of hydrogen-bond donors (Lipinski definition) is 1. The van der Waals surface area contributed by atoms with E-state index in [0.717, 1.165) is 31.9 Å². The third-order valence-electron chi connectivity index (χ3n) is 2.99. The summed E-state index contributed by atoms with van der Waals surface area (Å²) in [6.07, 6.45) is 0. The number of hydrogen-bond acceptors (Lipinski definition) is 5. The van der Waals surface area contributed by atoms with E-state index >= 15 is 0 Å². The van der Waals surface area contributed by atoms with Gasteiger partial charge < -0.3 is 9.80 Å². The largest absolute Gasteiger partial charge is 0.369 e. The lowest BCUT2D eigenvalue weighted by atomic mass is 10.2. The lowest BCUT2D eigenvalue weighted by molar-refractivity contribution is 0.313. The Labute approximate surface area is 108 Å². The van der Waals surface area contributed by atoms with Gasteiger partial charge in [0.2, 0.25) is 0 Å². The first-order valence-corrected chi connectivity index (χ1v) is 6.78. The van der Waals surface area contributed by atoms with Gasteiger partial charge in [-0.3, -0.25) is 5.43 Å². The predicted octanol–water partition coefficient (Wildman–Crippen LogP) is 0.828. The second-order valence-electron chi connectivity index (χ2n) is 4.26. The van der Waals surface area contributed by atoms with Crippen LogP contribution in [0.5, 0.6) is 0 Å². The van der Waals surface area contributed by atoms with Crippen LogP contribution in [0.3, 0.4) is 0 Å². The highest BCUT2D eigenvalue weighted by Crippen LogP contribution is 2.19. The summed E-state index contributed by atoms with van der Waals surface area (Å²) in [7, 11) is -0.312. The molecule has 0 atom stereocenters. The van der Waals surface area contributed by atoms with Crippen LogP contribution in [0.4, 0.5) is 11.4 Å². The van der Waals surface area contributed by atoms with Crippen LogP contribution < -0.4 is 10.3 Å². The van der Waals surface area contributed by atoms with Gasteiger partial charge >= 0.3 is 10.5 Å². The minimum absolute atomic E-state index is 0.664. The number of nitrogens with zero attached hydrogens (tertiary/aromatic N) is 3. The molecule has 1 saturated heterocycles. The number of likely N-dealkylation sites (N-methyl/N-ethyl adjacent to an activating group) is 1. The van der Waals surface area contributed by atoms with E-state index in [1.54, 1.807) is 0 Å². The molecule has 6 nitrogen and oxygen atoms in total. The first-order chi connectivity index (χ1) is 8.65. The third-order valence-corrected chi connectivity index (χ3v) is 3.23. The summed E-state index contributed by atoms with van der Waals surface area (Å²) in [5, 5.41) is 0. The highest BCUT2D eigenvalue weighted by molar-refractivity contribution is 7.61. The predicted molar refractivity (Wildman–Crippen MR) is 71.1 cm³/mol. The minimum atomic E-state index is -2.43. The Bertz CT molecular complexity index is 510. The van der Waals surface area contributed by atoms with E-state index in [4.69, 9.17) is 0 Å². The van der Waals surface area contributed by atoms with Crippen LogP contribution in [-0.2, 0) is 10.5 Å². The van der Waals surface area contributed by atoms with Crippen molar-refractivity contribution >= 4 is 21.9 Å². The summed E-state index contributed by atoms with van der Waals surface area (Å²) in [5.41, 5.74) is 4.28. The summed E-state index contributed by atoms with van der Waals surface area (Å²) in [6, 6.07) is 7.59. The number of piperazine rings is 1. The third kappa shape index (κ3) is 3.44. The highest BCUT2D eigenvalue weighted by Gasteiger charge is 2.13. The first kappa shape index (κ1) is 12.8. The maximum Gasteiger partial charge on any atom is 0.332 e. The van der Waals surface area contributed by atoms with Gasteiger partial charge in [0, 0.05) is 31.9 Å². The Balaban J connectivity index is 2.01. The van der Waals surface area contributed by atoms with Crippen LogP contribution in [0.25, 0.3) is 0 Å². The molecule has 2 rings (SSSR count). The molecule has 7 heteroatoms. The maximum atomic E-state index is 10.3. The number of benzene rings is 1. The lowest BCUT2D eigenvalue weighted by Crippen LogP contribution is -2.44. The molecule has 98 valence electrons. The summed E-state index contributed by atoms with van der Waals surface area (Å²) in [6.45, 7) is 4.14. The Hall–Kier alpha value is -1.60. The molecule has 1 aromatic carbocycles. The molecule has 0 radical (unpaired) electrons. The van der Waals surface area contributed by atoms with E-state index < -0.39 is 10.5 Å². The van der Waals surface area contributed by atoms with Crippen molar-refractivity contribution in [3.05, 3.63) is 24.3 Å². The molecule has 0 saturated carbocycles. The van der Waals surface area contributed by atoms with Gasteiger partial charge in [0.05, 0.1) is 5.69 Å². The molecule has 0 bridgehead atoms. The van der Waals surface area contributed by atoms with Gasteiger partial charge in [-0.15, -0.1) is 0 Å². The van der Waals surface area contributed by atoms with Crippen molar-refractivity contribution in [2.24, 2.45) is 4.47 Å². The lowest BCUT2D eigenvalue weighted by Gasteiger charge is -2.34. The first-order valence-electron chi connectivity index (χ1n) is 5.75. The normalized spacial score (nSPS) is 16.4. The van der Waals surface area contributed by atoms with Crippen molar-refractivity contribution in [3.8, 4) is 0 Å². The number of nitrogens with one attached hydrogen (secondary N) is 1. The SMILES string of the molecule is CN1CCN(c2ccc(NN=S(=O)=O)cc2)CC1. The molecule has 0 aliphatic carbocycles. The Morgan fingerprint density at radius 3 is 2.28 bits per heavy atom. The molecule has 0 amide bonds. The summed E-state index contributed by atoms with van der Waals surface area (Å²) >= 11 is 0. The zero-order valence-corrected chi connectivity index (χ0v) is 11.0. The second kappa shape index (κ2) is 5.83. The second-order valence-corrected chi connectivity index (χ2v) is 4.87. The molecular formula is C11H16N4O2S. The average Bonchev–Trinajstić information content (AvgIpc) is 2.38. The molecule has 1 aliphatic heterocycles. The Morgan fingerprint density at radius 2 is 1.72 bits per heavy atom. The zero-order chi connectivity index (χ0) is 13.0. The van der Waals surface area contributed by atoms with Gasteiger partial charge in [-0.1, -0.05) is 4.47 Å². The van der Waals surface area contributed by atoms with Gasteiger partial charge in [0.1, 0.15) is 0 Å². The van der Waals surface area contributed by atoms with Crippen molar-refractivity contribution in [2.45, 2.75) is 0 Å². The van der Waals surface area contributed by atoms with Crippen molar-refractivity contribution in [1.29, 1.82) is 0 Å². The topological polar surface area (TPSA) is 65.0 Å². The fraction of sp³-hybridized carbons (Fsp3) is 0.455. The average molecular weight is 268 g/mol. The van der Waals surface area contributed by atoms with Gasteiger partial charge in [-0.25, -0.2) is 0 Å². The van der Waals surface area contributed by atoms with Crippen molar-refractivity contribution in [3.63, 3.8) is 0 Å². The minimum Gasteiger partial charge on any atom is -0.369 e. The van der Waals surface area contributed by atoms with E-state index in [1.165, 1.54) is 0 Å². The fourth-order valence-electron chi connectivity index (χ4n) is 1.90. The molecular weight excluding hydrogens is 252 g/mol. The Morgan fingerprint density at radius 1 is 1.11 bits per heavy atom. The van der Waals surface area contributed by atoms with Crippen LogP contribution >= 0.6 is 0 Å². The molecule has 0 aromatic heterocycles. The van der Waals surface area contributed by atoms with E-state index in [-0.39, 0.29) is 0 Å². The van der Waals surface area contributed by atoms with E-state index in [0.29, 0.717) is 5.69 Å². The van der Waals surface area contributed by atoms with Crippen molar-refractivity contribution in [1.82, 2.24) is 4.90 Å². The smallest absolute Gasteiger partial charge is 0.332 e. The quantitative estimate of drug-likeness (QED) is 0.823. The monoisotopic (exact) mass is 268 g/mol. The molecule has 1 N–H and O–H groups in total. The zero-order valence-electron chi connectivity index (χ0n) is 10.2. The van der Waals surface area contributed by atoms with Crippen LogP contribution in [0.15, 0.2) is 28.7 Å². The number of rotatable bonds is 3. The van der Waals surface area contributed by atoms with Gasteiger partial charge in [0.25, 0.3) is 0 Å². The van der Waals surface area contributed by atoms with E-state index in [1.807, 2.05) is 24.3 Å². The number of anilines is 2. The molecule has 1 aliphatic rings. The summed E-state index contributed by atoms with van der Waals surface area (Å²) in [4.78, 5) is 4.61. The molecule has 0 spiro atoms. The van der Waals surface area contributed by atoms with Crippen LogP contribution in [0.1, 0.15) is 0 Å². The molecule has 1 aromatic rings. The van der Waals surface area contributed by atoms with Crippen molar-refractivity contribution < 1.29 is 8.42 Å². The fourth-order valence-corrected chi connectivity index (χ4v) is 2.08. The Kier molecular flexibility index (Phi) is 4.16. The van der Waals surface area contributed by atoms with E-state index in [2.05, 4.69) is 26.7 Å². The highest BCUT2D eigenvalue weighted by atomic mass is 32.2. The molecule has 1 heterocycles. The molecule has 1 fully saturated rings. The van der Waals surface area contributed by atoms with Gasteiger partial charge in [0.15, 0.2) is 0 Å². The standard InChI is InChI=1S/C11H16N4O2S/c1-14-6-8-15(9-7-14)11-4-2-10(3-5-11)12-13-18(16)17/h2-5,12H,6-9H2,1H3. The van der Waals surface area contributed by atoms with Crippen molar-refractivity contribution in [2.75, 3.05) is 43.6 Å². The van der Waals surface area contributed by atoms with Gasteiger partial charge in [-0.2, -0.15) is 8.42 Å². The summed E-state index contributed by atoms with van der Waals surface area (Å²) < 4.78 is 23.7. The summed E-state index contributed by atoms with van der Waals surface area (Å²) in [5.74, 6) is 0. The maximum absolute atomic E-state index is 10.3. The van der Waals surface area contributed by atoms with E-state index in [9.17, 15) is 8.42 Å². The van der Waals surface area contributed by atoms with Gasteiger partial charge in [-0.05, 0) is 31.3 Å². The molecule has 0 unspecified atom stereocenters. The van der Waals surface area contributed by atoms with Crippen LogP contribution in [0.2, 0.25) is 0 Å². The van der Waals surface area contributed by atoms with Crippen LogP contribution in [-0.4, -0.2) is 46.5 Å².